The van der Waals surface area contributed by atoms with Crippen LogP contribution in [0.2, 0.25) is 0 Å². The molecule has 0 amide bonds. The molecule has 0 spiro atoms. The molecule has 1 heterocycles. The maximum Gasteiger partial charge on any atom is 0.311 e. The lowest BCUT2D eigenvalue weighted by Crippen LogP contribution is -2.12. The maximum atomic E-state index is 13.3. The molecule has 0 bridgehead atoms. The second-order valence-electron chi connectivity index (χ2n) is 3.13. The zero-order valence-corrected chi connectivity index (χ0v) is 10.4. The summed E-state index contributed by atoms with van der Waals surface area (Å²) < 4.78 is 43.3. The van der Waals surface area contributed by atoms with E-state index in [9.17, 15) is 18.0 Å². The fourth-order valence-corrected chi connectivity index (χ4v) is 1.90. The molecule has 0 saturated heterocycles. The summed E-state index contributed by atoms with van der Waals surface area (Å²) in [7, 11) is 1.14. The van der Waals surface area contributed by atoms with E-state index in [-0.39, 0.29) is 16.6 Å². The Bertz CT molecular complexity index is 426. The molecule has 0 N–H and O–H groups in total. The Hall–Kier alpha value is -1.11. The molecule has 0 atom stereocenters. The normalized spacial score (nSPS) is 10.7. The average molecular weight is 312 g/mol. The highest BCUT2D eigenvalue weighted by molar-refractivity contribution is 9.08. The Kier molecular flexibility index (Phi) is 4.92. The number of hydrogen-bond acceptors (Lipinski definition) is 3. The van der Waals surface area contributed by atoms with Crippen molar-refractivity contribution in [2.45, 2.75) is 18.2 Å². The molecule has 3 nitrogen and oxygen atoms in total. The highest BCUT2D eigenvalue weighted by atomic mass is 79.9. The van der Waals surface area contributed by atoms with Crippen molar-refractivity contribution in [2.24, 2.45) is 0 Å². The van der Waals surface area contributed by atoms with Gasteiger partial charge in [-0.05, 0) is 0 Å². The van der Waals surface area contributed by atoms with E-state index < -0.39 is 30.2 Å². The number of halogens is 4. The molecule has 0 aromatic carbocycles. The van der Waals surface area contributed by atoms with Crippen LogP contribution in [0, 0.1) is 5.82 Å². The monoisotopic (exact) mass is 311 g/mol. The maximum absolute atomic E-state index is 13.3. The van der Waals surface area contributed by atoms with Gasteiger partial charge in [0.15, 0.2) is 0 Å². The van der Waals surface area contributed by atoms with E-state index >= 15 is 0 Å². The molecule has 1 aromatic heterocycles. The Morgan fingerprint density at radius 3 is 2.71 bits per heavy atom. The average Bonchev–Trinajstić information content (AvgIpc) is 2.30. The fraction of sp³-hybridized carbons (Fsp3) is 0.400. The van der Waals surface area contributed by atoms with Gasteiger partial charge < -0.3 is 4.74 Å². The van der Waals surface area contributed by atoms with Crippen LogP contribution < -0.4 is 0 Å². The molecule has 0 aliphatic heterocycles. The first-order valence-corrected chi connectivity index (χ1v) is 5.70. The molecular weight excluding hydrogens is 303 g/mol. The van der Waals surface area contributed by atoms with Crippen LogP contribution in [-0.4, -0.2) is 18.1 Å². The highest BCUT2D eigenvalue weighted by Crippen LogP contribution is 2.29. The van der Waals surface area contributed by atoms with Gasteiger partial charge in [-0.1, -0.05) is 15.9 Å². The topological polar surface area (TPSA) is 39.2 Å². The van der Waals surface area contributed by atoms with Crippen molar-refractivity contribution in [3.05, 3.63) is 28.8 Å². The molecule has 0 radical (unpaired) electrons. The zero-order chi connectivity index (χ0) is 13.0. The number of nitrogens with zero attached hydrogens (tertiary/aromatic N) is 1. The minimum absolute atomic E-state index is 0.0742. The zero-order valence-electron chi connectivity index (χ0n) is 8.84. The summed E-state index contributed by atoms with van der Waals surface area (Å²) in [5.41, 5.74) is -0.899. The second-order valence-corrected chi connectivity index (χ2v) is 3.69. The summed E-state index contributed by atoms with van der Waals surface area (Å²) in [5.74, 6) is -1.53. The second kappa shape index (κ2) is 6.00. The van der Waals surface area contributed by atoms with E-state index in [1.54, 1.807) is 0 Å². The van der Waals surface area contributed by atoms with Gasteiger partial charge in [0.05, 0.1) is 25.4 Å². The number of methoxy groups -OCH3 is 1. The standard InChI is InChI=1S/C10H9BrF3NO2/c1-17-8(16)2-7-9(10(13)14)5(3-11)6(12)4-15-7/h4,10H,2-3H2,1H3. The summed E-state index contributed by atoms with van der Waals surface area (Å²) in [5, 5.41) is -0.0742. The number of rotatable bonds is 4. The number of pyridine rings is 1. The summed E-state index contributed by atoms with van der Waals surface area (Å²) in [6.07, 6.45) is -2.48. The van der Waals surface area contributed by atoms with Crippen molar-refractivity contribution in [2.75, 3.05) is 7.11 Å². The van der Waals surface area contributed by atoms with Crippen LogP contribution >= 0.6 is 15.9 Å². The lowest BCUT2D eigenvalue weighted by Gasteiger charge is -2.12. The summed E-state index contributed by atoms with van der Waals surface area (Å²) >= 11 is 2.93. The third kappa shape index (κ3) is 3.18. The molecule has 7 heteroatoms. The van der Waals surface area contributed by atoms with Crippen molar-refractivity contribution in [3.8, 4) is 0 Å². The van der Waals surface area contributed by atoms with Gasteiger partial charge >= 0.3 is 5.97 Å². The van der Waals surface area contributed by atoms with Gasteiger partial charge in [-0.15, -0.1) is 0 Å². The first-order valence-electron chi connectivity index (χ1n) is 4.58. The van der Waals surface area contributed by atoms with Crippen molar-refractivity contribution < 1.29 is 22.7 Å². The minimum Gasteiger partial charge on any atom is -0.469 e. The molecule has 0 aliphatic carbocycles. The molecule has 0 saturated carbocycles. The van der Waals surface area contributed by atoms with Crippen molar-refractivity contribution in [1.29, 1.82) is 0 Å². The van der Waals surface area contributed by atoms with Gasteiger partial charge in [0, 0.05) is 16.5 Å². The fourth-order valence-electron chi connectivity index (χ4n) is 1.33. The van der Waals surface area contributed by atoms with Gasteiger partial charge in [-0.3, -0.25) is 9.78 Å². The van der Waals surface area contributed by atoms with Crippen LogP contribution in [0.5, 0.6) is 0 Å². The van der Waals surface area contributed by atoms with E-state index in [0.29, 0.717) is 0 Å². The third-order valence-electron chi connectivity index (χ3n) is 2.15. The number of carbonyl (C=O) groups is 1. The number of alkyl halides is 3. The van der Waals surface area contributed by atoms with Crippen LogP contribution in [0.25, 0.3) is 0 Å². The molecule has 1 aromatic rings. The Morgan fingerprint density at radius 1 is 1.59 bits per heavy atom. The van der Waals surface area contributed by atoms with Crippen molar-refractivity contribution in [1.82, 2.24) is 4.98 Å². The van der Waals surface area contributed by atoms with Gasteiger partial charge in [0.2, 0.25) is 0 Å². The largest absolute Gasteiger partial charge is 0.469 e. The van der Waals surface area contributed by atoms with Crippen LogP contribution in [-0.2, 0) is 21.3 Å². The highest BCUT2D eigenvalue weighted by Gasteiger charge is 2.23. The summed E-state index contributed by atoms with van der Waals surface area (Å²) in [6.45, 7) is 0. The number of aromatic nitrogens is 1. The lowest BCUT2D eigenvalue weighted by atomic mass is 10.1. The third-order valence-corrected chi connectivity index (χ3v) is 2.71. The summed E-state index contributed by atoms with van der Waals surface area (Å²) in [4.78, 5) is 14.5. The van der Waals surface area contributed by atoms with Crippen LogP contribution in [0.3, 0.4) is 0 Å². The van der Waals surface area contributed by atoms with E-state index in [1.165, 1.54) is 0 Å². The van der Waals surface area contributed by atoms with E-state index in [0.717, 1.165) is 13.3 Å². The van der Waals surface area contributed by atoms with Gasteiger partial charge in [-0.2, -0.15) is 0 Å². The van der Waals surface area contributed by atoms with Gasteiger partial charge in [0.1, 0.15) is 5.82 Å². The minimum atomic E-state index is -2.90. The SMILES string of the molecule is COC(=O)Cc1ncc(F)c(CBr)c1C(F)F. The quantitative estimate of drug-likeness (QED) is 0.634. The predicted octanol–water partition coefficient (Wildman–Crippen LogP) is 2.77. The smallest absolute Gasteiger partial charge is 0.311 e. The Labute approximate surface area is 104 Å². The van der Waals surface area contributed by atoms with Crippen LogP contribution in [0.1, 0.15) is 23.2 Å². The van der Waals surface area contributed by atoms with Crippen LogP contribution in [0.4, 0.5) is 13.2 Å². The number of carbonyl (C=O) groups excluding carboxylic acids is 1. The molecule has 0 aliphatic rings. The van der Waals surface area contributed by atoms with Crippen LogP contribution in [0.15, 0.2) is 6.20 Å². The van der Waals surface area contributed by atoms with Gasteiger partial charge in [-0.25, -0.2) is 13.2 Å². The number of ether oxygens (including phenoxy) is 1. The molecule has 0 fully saturated rings. The lowest BCUT2D eigenvalue weighted by molar-refractivity contribution is -0.139. The van der Waals surface area contributed by atoms with Crippen molar-refractivity contribution >= 4 is 21.9 Å². The molecule has 1 rings (SSSR count). The van der Waals surface area contributed by atoms with Crippen molar-refractivity contribution in [3.63, 3.8) is 0 Å². The first-order chi connectivity index (χ1) is 8.01. The van der Waals surface area contributed by atoms with E-state index in [4.69, 9.17) is 0 Å². The Morgan fingerprint density at radius 2 is 2.24 bits per heavy atom. The predicted molar refractivity (Wildman–Crippen MR) is 57.5 cm³/mol. The van der Waals surface area contributed by atoms with E-state index in [1.807, 2.05) is 0 Å². The molecule has 94 valence electrons. The van der Waals surface area contributed by atoms with Gasteiger partial charge in [0.25, 0.3) is 6.43 Å². The first kappa shape index (κ1) is 14.0. The number of esters is 1. The molecular formula is C10H9BrF3NO2. The molecule has 17 heavy (non-hydrogen) atoms. The Balaban J connectivity index is 3.25. The van der Waals surface area contributed by atoms with E-state index in [2.05, 4.69) is 25.7 Å². The summed E-state index contributed by atoms with van der Waals surface area (Å²) in [6, 6.07) is 0. The molecule has 0 unspecified atom stereocenters. The number of hydrogen-bond donors (Lipinski definition) is 0.